The third-order valence-corrected chi connectivity index (χ3v) is 9.19. The normalized spacial score (nSPS) is 22.3. The van der Waals surface area contributed by atoms with E-state index in [-0.39, 0.29) is 21.2 Å². The number of aromatic nitrogens is 1. The van der Waals surface area contributed by atoms with Gasteiger partial charge in [-0.15, -0.1) is 11.3 Å². The highest BCUT2D eigenvalue weighted by molar-refractivity contribution is 7.91. The highest BCUT2D eigenvalue weighted by Gasteiger charge is 2.74. The number of carboxylic acids is 1. The van der Waals surface area contributed by atoms with E-state index in [9.17, 15) is 31.5 Å². The zero-order chi connectivity index (χ0) is 25.5. The number of methoxy groups -OCH3 is 1. The van der Waals surface area contributed by atoms with Gasteiger partial charge < -0.3 is 14.4 Å². The van der Waals surface area contributed by atoms with Crippen LogP contribution in [0.1, 0.15) is 30.6 Å². The molecule has 0 bridgehead atoms. The Morgan fingerprint density at radius 3 is 2.57 bits per heavy atom. The van der Waals surface area contributed by atoms with Gasteiger partial charge in [0.25, 0.3) is 10.0 Å². The number of hydrogen-bond acceptors (Lipinski definition) is 7. The van der Waals surface area contributed by atoms with Crippen LogP contribution in [-0.4, -0.2) is 43.9 Å². The molecule has 1 aromatic carbocycles. The van der Waals surface area contributed by atoms with Crippen LogP contribution >= 0.6 is 11.3 Å². The molecule has 2 N–H and O–H groups in total. The molecule has 0 aliphatic heterocycles. The van der Waals surface area contributed by atoms with Crippen LogP contribution in [0, 0.1) is 0 Å². The molecule has 1 aliphatic rings. The summed E-state index contributed by atoms with van der Waals surface area (Å²) in [5.41, 5.74) is -2.27. The number of aliphatic carboxylic acids is 1. The summed E-state index contributed by atoms with van der Waals surface area (Å²) >= 11 is 0.661. The number of thiophene rings is 1. The molecule has 1 aliphatic carbocycles. The minimum atomic E-state index is -4.73. The van der Waals surface area contributed by atoms with E-state index in [0.717, 1.165) is 0 Å². The number of nitrogens with zero attached hydrogens (tertiary/aromatic N) is 1. The van der Waals surface area contributed by atoms with Crippen molar-refractivity contribution < 1.29 is 40.8 Å². The number of nitrogens with one attached hydrogen (secondary N) is 1. The minimum Gasteiger partial charge on any atom is -0.480 e. The number of halogens is 3. The Kier molecular flexibility index (Phi) is 6.55. The molecule has 2 atom stereocenters. The molecule has 0 radical (unpaired) electrons. The molecule has 1 fully saturated rings. The highest BCUT2D eigenvalue weighted by Crippen LogP contribution is 2.61. The zero-order valence-corrected chi connectivity index (χ0v) is 20.0. The van der Waals surface area contributed by atoms with Gasteiger partial charge in [-0.2, -0.15) is 17.9 Å². The summed E-state index contributed by atoms with van der Waals surface area (Å²) in [6, 6.07) is 12.0. The lowest BCUT2D eigenvalue weighted by Crippen LogP contribution is -2.48. The van der Waals surface area contributed by atoms with Crippen LogP contribution < -0.4 is 4.72 Å². The lowest BCUT2D eigenvalue weighted by atomic mass is 9.86. The fraction of sp³-hybridized carbons (Fsp3) is 0.364. The first-order valence-electron chi connectivity index (χ1n) is 10.4. The van der Waals surface area contributed by atoms with Crippen molar-refractivity contribution in [2.75, 3.05) is 13.7 Å². The van der Waals surface area contributed by atoms with E-state index in [1.54, 1.807) is 30.3 Å². The molecule has 0 unspecified atom stereocenters. The SMILES string of the molecule is COCCC[C@]1(c2ccccc2)C[C@@]1(NS(=O)(=O)c1ccc(-c2cc(C(F)(F)F)on2)s1)C(=O)O. The van der Waals surface area contributed by atoms with Gasteiger partial charge in [0.15, 0.2) is 0 Å². The summed E-state index contributed by atoms with van der Waals surface area (Å²) in [4.78, 5) is 12.6. The summed E-state index contributed by atoms with van der Waals surface area (Å²) in [6.45, 7) is 0.378. The second kappa shape index (κ2) is 9.04. The van der Waals surface area contributed by atoms with Crippen LogP contribution in [0.5, 0.6) is 0 Å². The molecule has 1 saturated carbocycles. The first-order valence-corrected chi connectivity index (χ1v) is 12.7. The van der Waals surface area contributed by atoms with Crippen molar-refractivity contribution in [2.45, 2.75) is 40.6 Å². The highest BCUT2D eigenvalue weighted by atomic mass is 32.2. The Balaban J connectivity index is 1.64. The van der Waals surface area contributed by atoms with E-state index in [2.05, 4.69) is 14.4 Å². The number of sulfonamides is 1. The van der Waals surface area contributed by atoms with Crippen molar-refractivity contribution in [1.82, 2.24) is 9.88 Å². The van der Waals surface area contributed by atoms with Crippen LogP contribution in [-0.2, 0) is 31.1 Å². The summed E-state index contributed by atoms with van der Waals surface area (Å²) in [5.74, 6) is -2.62. The molecule has 2 aromatic heterocycles. The fourth-order valence-electron chi connectivity index (χ4n) is 4.34. The average Bonchev–Trinajstić information content (AvgIpc) is 3.19. The van der Waals surface area contributed by atoms with E-state index in [1.807, 2.05) is 0 Å². The van der Waals surface area contributed by atoms with Gasteiger partial charge >= 0.3 is 12.1 Å². The second-order valence-electron chi connectivity index (χ2n) is 8.23. The number of ether oxygens (including phenoxy) is 1. The predicted octanol–water partition coefficient (Wildman–Crippen LogP) is 4.29. The van der Waals surface area contributed by atoms with Gasteiger partial charge in [-0.25, -0.2) is 8.42 Å². The zero-order valence-electron chi connectivity index (χ0n) is 18.3. The third kappa shape index (κ3) is 4.60. The molecule has 3 aromatic rings. The molecule has 13 heteroatoms. The van der Waals surface area contributed by atoms with Crippen LogP contribution in [0.3, 0.4) is 0 Å². The number of carbonyl (C=O) groups is 1. The van der Waals surface area contributed by atoms with Crippen LogP contribution in [0.15, 0.2) is 57.3 Å². The molecule has 2 heterocycles. The van der Waals surface area contributed by atoms with E-state index < -0.39 is 38.9 Å². The number of hydrogen-bond donors (Lipinski definition) is 2. The Morgan fingerprint density at radius 2 is 1.97 bits per heavy atom. The van der Waals surface area contributed by atoms with Crippen molar-refractivity contribution in [3.63, 3.8) is 0 Å². The average molecular weight is 531 g/mol. The fourth-order valence-corrected chi connectivity index (χ4v) is 7.03. The summed E-state index contributed by atoms with van der Waals surface area (Å²) in [5, 5.41) is 13.5. The molecule has 0 spiro atoms. The molecule has 0 amide bonds. The molecular formula is C22H21F3N2O6S2. The van der Waals surface area contributed by atoms with Crippen LogP contribution in [0.25, 0.3) is 10.6 Å². The second-order valence-corrected chi connectivity index (χ2v) is 11.2. The maximum Gasteiger partial charge on any atom is 0.452 e. The van der Waals surface area contributed by atoms with E-state index in [4.69, 9.17) is 4.74 Å². The standard InChI is InChI=1S/C22H21F3N2O6S2/c1-32-11-5-10-20(14-6-3-2-4-7-14)13-21(20,19(28)29)27-35(30,31)18-9-8-16(34-18)15-12-17(33-26-15)22(23,24)25/h2-4,6-9,12,27H,5,10-11,13H2,1H3,(H,28,29)/t20-,21-/m1/s1. The van der Waals surface area contributed by atoms with Gasteiger partial charge in [-0.1, -0.05) is 35.5 Å². The quantitative estimate of drug-likeness (QED) is 0.375. The van der Waals surface area contributed by atoms with Crippen molar-refractivity contribution >= 4 is 27.3 Å². The largest absolute Gasteiger partial charge is 0.480 e. The van der Waals surface area contributed by atoms with Gasteiger partial charge in [-0.05, 0) is 37.0 Å². The van der Waals surface area contributed by atoms with Gasteiger partial charge in [0.05, 0.1) is 4.88 Å². The Hall–Kier alpha value is -2.74. The lowest BCUT2D eigenvalue weighted by molar-refractivity contribution is -0.155. The summed E-state index contributed by atoms with van der Waals surface area (Å²) in [7, 11) is -2.82. The first kappa shape index (κ1) is 25.4. The monoisotopic (exact) mass is 530 g/mol. The van der Waals surface area contributed by atoms with Crippen LogP contribution in [0.2, 0.25) is 0 Å². The molecule has 188 valence electrons. The van der Waals surface area contributed by atoms with E-state index in [0.29, 0.717) is 42.4 Å². The maximum atomic E-state index is 13.2. The van der Waals surface area contributed by atoms with Crippen LogP contribution in [0.4, 0.5) is 13.2 Å². The van der Waals surface area contributed by atoms with Crippen molar-refractivity contribution in [3.8, 4) is 10.6 Å². The van der Waals surface area contributed by atoms with Gasteiger partial charge in [0, 0.05) is 25.2 Å². The molecule has 8 nitrogen and oxygen atoms in total. The van der Waals surface area contributed by atoms with Crippen molar-refractivity contribution in [2.24, 2.45) is 0 Å². The van der Waals surface area contributed by atoms with Crippen molar-refractivity contribution in [3.05, 3.63) is 59.9 Å². The number of alkyl halides is 3. The predicted molar refractivity (Wildman–Crippen MR) is 119 cm³/mol. The molecule has 35 heavy (non-hydrogen) atoms. The van der Waals surface area contributed by atoms with Crippen molar-refractivity contribution in [1.29, 1.82) is 0 Å². The number of rotatable bonds is 10. The third-order valence-electron chi connectivity index (χ3n) is 6.10. The first-order chi connectivity index (χ1) is 16.5. The molecule has 0 saturated heterocycles. The summed E-state index contributed by atoms with van der Waals surface area (Å²) in [6.07, 6.45) is -3.81. The lowest BCUT2D eigenvalue weighted by Gasteiger charge is -2.24. The molecule has 4 rings (SSSR count). The topological polar surface area (TPSA) is 119 Å². The maximum absolute atomic E-state index is 13.2. The van der Waals surface area contributed by atoms with Gasteiger partial charge in [0.1, 0.15) is 15.4 Å². The van der Waals surface area contributed by atoms with E-state index >= 15 is 0 Å². The molecular weight excluding hydrogens is 509 g/mol. The number of benzene rings is 1. The van der Waals surface area contributed by atoms with Gasteiger partial charge in [-0.3, -0.25) is 4.79 Å². The Bertz CT molecular complexity index is 1320. The van der Waals surface area contributed by atoms with E-state index in [1.165, 1.54) is 19.2 Å². The Morgan fingerprint density at radius 1 is 1.26 bits per heavy atom. The Labute approximate surface area is 202 Å². The number of carboxylic acid groups (broad SMARTS) is 1. The smallest absolute Gasteiger partial charge is 0.452 e. The minimum absolute atomic E-state index is 0.0404. The summed E-state index contributed by atoms with van der Waals surface area (Å²) < 4.78 is 76.4. The van der Waals surface area contributed by atoms with Gasteiger partial charge in [0.2, 0.25) is 5.76 Å².